The molecule has 5 nitrogen and oxygen atoms in total. The molecule has 0 heterocycles. The highest BCUT2D eigenvalue weighted by atomic mass is 16.6. The molecule has 0 radical (unpaired) electrons. The lowest BCUT2D eigenvalue weighted by Crippen LogP contribution is -2.28. The number of carbonyl (C=O) groups excluding carboxylic acids is 2. The summed E-state index contributed by atoms with van der Waals surface area (Å²) < 4.78 is 10.5. The molecule has 0 aromatic rings. The summed E-state index contributed by atoms with van der Waals surface area (Å²) in [6.45, 7) is 4.07. The maximum Gasteiger partial charge on any atom is 0.306 e. The fourth-order valence-corrected chi connectivity index (χ4v) is 5.15. The maximum atomic E-state index is 12.1. The predicted octanol–water partition coefficient (Wildman–Crippen LogP) is 11.8. The van der Waals surface area contributed by atoms with Crippen LogP contribution in [0.3, 0.4) is 0 Å². The summed E-state index contributed by atoms with van der Waals surface area (Å²) in [5, 5.41) is 9.53. The second kappa shape index (κ2) is 37.3. The molecule has 0 aliphatic heterocycles. The van der Waals surface area contributed by atoms with E-state index in [1.54, 1.807) is 0 Å². The number of esters is 2. The highest BCUT2D eigenvalue weighted by Gasteiger charge is 2.15. The topological polar surface area (TPSA) is 72.8 Å². The number of allylic oxidation sites excluding steroid dienone is 8. The Morgan fingerprint density at radius 2 is 0.891 bits per heavy atom. The van der Waals surface area contributed by atoms with Gasteiger partial charge in [0.15, 0.2) is 6.10 Å². The van der Waals surface area contributed by atoms with Crippen molar-refractivity contribution < 1.29 is 24.2 Å². The van der Waals surface area contributed by atoms with Crippen LogP contribution in [0.2, 0.25) is 0 Å². The van der Waals surface area contributed by atoms with Gasteiger partial charge in [0.2, 0.25) is 0 Å². The van der Waals surface area contributed by atoms with Crippen molar-refractivity contribution in [2.75, 3.05) is 13.2 Å². The normalized spacial score (nSPS) is 12.7. The van der Waals surface area contributed by atoms with Gasteiger partial charge in [-0.25, -0.2) is 0 Å². The number of unbranched alkanes of at least 4 members (excludes halogenated alkanes) is 18. The van der Waals surface area contributed by atoms with Crippen molar-refractivity contribution in [3.63, 3.8) is 0 Å². The molecule has 0 amide bonds. The molecule has 1 N–H and O–H groups in total. The van der Waals surface area contributed by atoms with Crippen LogP contribution in [0.5, 0.6) is 0 Å². The quantitative estimate of drug-likeness (QED) is 0.0429. The summed E-state index contributed by atoms with van der Waals surface area (Å²) in [7, 11) is 0. The number of hydrogen-bond donors (Lipinski definition) is 1. The Hall–Kier alpha value is -2.14. The molecule has 0 spiro atoms. The number of ether oxygens (including phenoxy) is 2. The van der Waals surface area contributed by atoms with E-state index in [4.69, 9.17) is 9.47 Å². The van der Waals surface area contributed by atoms with E-state index in [1.807, 2.05) is 0 Å². The lowest BCUT2D eigenvalue weighted by Gasteiger charge is -2.15. The average Bonchev–Trinajstić information content (AvgIpc) is 3.06. The van der Waals surface area contributed by atoms with Crippen LogP contribution in [0.1, 0.15) is 181 Å². The largest absolute Gasteiger partial charge is 0.462 e. The second-order valence-corrected chi connectivity index (χ2v) is 12.6. The fraction of sp³-hybridized carbons (Fsp3) is 0.756. The van der Waals surface area contributed by atoms with E-state index < -0.39 is 6.10 Å². The smallest absolute Gasteiger partial charge is 0.306 e. The minimum Gasteiger partial charge on any atom is -0.462 e. The van der Waals surface area contributed by atoms with Crippen molar-refractivity contribution in [2.24, 2.45) is 0 Å². The van der Waals surface area contributed by atoms with Gasteiger partial charge in [-0.1, -0.05) is 146 Å². The van der Waals surface area contributed by atoms with E-state index in [0.29, 0.717) is 12.8 Å². The number of carbonyl (C=O) groups is 2. The van der Waals surface area contributed by atoms with Gasteiger partial charge in [-0.15, -0.1) is 0 Å². The van der Waals surface area contributed by atoms with E-state index in [9.17, 15) is 14.7 Å². The minimum atomic E-state index is -0.800. The van der Waals surface area contributed by atoms with Gasteiger partial charge in [-0.2, -0.15) is 0 Å². The number of rotatable bonds is 34. The first kappa shape index (κ1) is 43.9. The molecule has 266 valence electrons. The van der Waals surface area contributed by atoms with E-state index in [1.165, 1.54) is 103 Å². The van der Waals surface area contributed by atoms with E-state index >= 15 is 0 Å². The van der Waals surface area contributed by atoms with E-state index in [0.717, 1.165) is 44.9 Å². The zero-order chi connectivity index (χ0) is 33.6. The molecule has 1 atom stereocenters. The molecule has 0 bridgehead atoms. The summed E-state index contributed by atoms with van der Waals surface area (Å²) in [5.74, 6) is -0.663. The van der Waals surface area contributed by atoms with Crippen molar-refractivity contribution in [3.05, 3.63) is 48.6 Å². The molecule has 5 heteroatoms. The molecule has 0 saturated carbocycles. The Morgan fingerprint density at radius 3 is 1.39 bits per heavy atom. The number of hydrogen-bond acceptors (Lipinski definition) is 5. The lowest BCUT2D eigenvalue weighted by molar-refractivity contribution is -0.161. The molecule has 0 fully saturated rings. The Balaban J connectivity index is 3.67. The zero-order valence-corrected chi connectivity index (χ0v) is 30.1. The molecular formula is C41H72O5. The highest BCUT2D eigenvalue weighted by molar-refractivity contribution is 5.70. The molecule has 0 aliphatic carbocycles. The fourth-order valence-electron chi connectivity index (χ4n) is 5.15. The Morgan fingerprint density at radius 1 is 0.500 bits per heavy atom. The molecule has 0 aromatic carbocycles. The standard InChI is InChI=1S/C41H72O5/c1-3-5-7-9-11-13-15-17-19-20-22-24-26-28-30-32-34-36-41(44)46-39(37-42)38-45-40(43)35-33-31-29-27-25-23-21-18-16-14-12-10-8-6-4-2/h17-19,21-22,24,28,30,39,42H,3-16,20,23,25-27,29,31-38H2,1-2H3/b19-17-,21-18-,24-22-,30-28-/t39-/m0/s1. The van der Waals surface area contributed by atoms with Gasteiger partial charge in [0.1, 0.15) is 6.61 Å². The van der Waals surface area contributed by atoms with Gasteiger partial charge in [0.05, 0.1) is 6.61 Å². The van der Waals surface area contributed by atoms with Crippen molar-refractivity contribution in [1.29, 1.82) is 0 Å². The first-order chi connectivity index (χ1) is 22.6. The van der Waals surface area contributed by atoms with Crippen LogP contribution >= 0.6 is 0 Å². The van der Waals surface area contributed by atoms with Crippen LogP contribution in [0.25, 0.3) is 0 Å². The summed E-state index contributed by atoms with van der Waals surface area (Å²) in [4.78, 5) is 24.2. The zero-order valence-electron chi connectivity index (χ0n) is 30.1. The van der Waals surface area contributed by atoms with Crippen LogP contribution in [0.15, 0.2) is 48.6 Å². The van der Waals surface area contributed by atoms with Gasteiger partial charge >= 0.3 is 11.9 Å². The first-order valence-corrected chi connectivity index (χ1v) is 19.2. The Bertz CT molecular complexity index is 782. The molecule has 0 rings (SSSR count). The van der Waals surface area contributed by atoms with Crippen molar-refractivity contribution >= 4 is 11.9 Å². The number of aliphatic hydroxyl groups is 1. The third kappa shape index (κ3) is 34.7. The van der Waals surface area contributed by atoms with Crippen molar-refractivity contribution in [1.82, 2.24) is 0 Å². The van der Waals surface area contributed by atoms with Crippen molar-refractivity contribution in [2.45, 2.75) is 187 Å². The summed E-state index contributed by atoms with van der Waals surface area (Å²) in [6, 6.07) is 0. The third-order valence-corrected chi connectivity index (χ3v) is 8.10. The summed E-state index contributed by atoms with van der Waals surface area (Å²) in [5.41, 5.74) is 0. The second-order valence-electron chi connectivity index (χ2n) is 12.6. The summed E-state index contributed by atoms with van der Waals surface area (Å²) >= 11 is 0. The van der Waals surface area contributed by atoms with Gasteiger partial charge in [-0.05, 0) is 70.6 Å². The molecule has 0 saturated heterocycles. The first-order valence-electron chi connectivity index (χ1n) is 19.2. The highest BCUT2D eigenvalue weighted by Crippen LogP contribution is 2.11. The van der Waals surface area contributed by atoms with Crippen LogP contribution in [-0.4, -0.2) is 36.4 Å². The van der Waals surface area contributed by atoms with Gasteiger partial charge in [0.25, 0.3) is 0 Å². The number of aliphatic hydroxyl groups excluding tert-OH is 1. The molecule has 0 unspecified atom stereocenters. The van der Waals surface area contributed by atoms with Gasteiger partial charge in [-0.3, -0.25) is 9.59 Å². The van der Waals surface area contributed by atoms with Gasteiger partial charge < -0.3 is 14.6 Å². The van der Waals surface area contributed by atoms with Crippen LogP contribution < -0.4 is 0 Å². The Labute approximate surface area is 284 Å². The Kier molecular flexibility index (Phi) is 35.6. The van der Waals surface area contributed by atoms with Crippen LogP contribution in [0.4, 0.5) is 0 Å². The van der Waals surface area contributed by atoms with Crippen molar-refractivity contribution in [3.8, 4) is 0 Å². The maximum absolute atomic E-state index is 12.1. The average molecular weight is 645 g/mol. The van der Waals surface area contributed by atoms with E-state index in [2.05, 4.69) is 62.5 Å². The van der Waals surface area contributed by atoms with E-state index in [-0.39, 0.29) is 31.6 Å². The monoisotopic (exact) mass is 645 g/mol. The minimum absolute atomic E-state index is 0.0907. The lowest BCUT2D eigenvalue weighted by atomic mass is 10.1. The SMILES string of the molecule is CCCCCCCC/C=C\C/C=C\C/C=C\CCCC(=O)O[C@@H](CO)COC(=O)CCCCCCC/C=C\CCCCCCCC. The molecule has 46 heavy (non-hydrogen) atoms. The third-order valence-electron chi connectivity index (χ3n) is 8.10. The van der Waals surface area contributed by atoms with Crippen LogP contribution in [-0.2, 0) is 19.1 Å². The summed E-state index contributed by atoms with van der Waals surface area (Å²) in [6.07, 6.45) is 46.0. The molecule has 0 aliphatic rings. The predicted molar refractivity (Wildman–Crippen MR) is 196 cm³/mol. The molecular weight excluding hydrogens is 572 g/mol. The van der Waals surface area contributed by atoms with Crippen LogP contribution in [0, 0.1) is 0 Å². The molecule has 0 aromatic heterocycles. The van der Waals surface area contributed by atoms with Gasteiger partial charge in [0, 0.05) is 12.8 Å².